The molecular weight excluding hydrogens is 194 g/mol. The molecule has 3 heteroatoms. The third kappa shape index (κ3) is 2.00. The van der Waals surface area contributed by atoms with Crippen LogP contribution in [0.5, 0.6) is 0 Å². The minimum atomic E-state index is 0.213. The van der Waals surface area contributed by atoms with Crippen LogP contribution in [0.1, 0.15) is 29.3 Å². The van der Waals surface area contributed by atoms with Gasteiger partial charge in [0.2, 0.25) is 0 Å². The molecule has 2 nitrogen and oxygen atoms in total. The fraction of sp³-hybridized carbons (Fsp3) is 0.636. The Kier molecular flexibility index (Phi) is 3.21. The van der Waals surface area contributed by atoms with Gasteiger partial charge in [0.05, 0.1) is 0 Å². The molecule has 1 aliphatic heterocycles. The number of thiophene rings is 1. The second-order valence-electron chi connectivity index (χ2n) is 3.91. The molecule has 2 rings (SSSR count). The molecule has 2 heterocycles. The van der Waals surface area contributed by atoms with Crippen LogP contribution in [-0.4, -0.2) is 13.2 Å². The summed E-state index contributed by atoms with van der Waals surface area (Å²) in [5.41, 5.74) is 7.60. The molecule has 0 saturated carbocycles. The SMILES string of the molecule is Cc1sccc1C(N)C1CCOCC1. The molecule has 0 aliphatic carbocycles. The number of hydrogen-bond donors (Lipinski definition) is 1. The number of ether oxygens (including phenoxy) is 1. The Morgan fingerprint density at radius 1 is 1.50 bits per heavy atom. The van der Waals surface area contributed by atoms with Gasteiger partial charge in [0.15, 0.2) is 0 Å². The molecule has 2 N–H and O–H groups in total. The standard InChI is InChI=1S/C11H17NOS/c1-8-10(4-7-14-8)11(12)9-2-5-13-6-3-9/h4,7,9,11H,2-3,5-6,12H2,1H3. The highest BCUT2D eigenvalue weighted by molar-refractivity contribution is 7.10. The van der Waals surface area contributed by atoms with E-state index in [9.17, 15) is 0 Å². The second kappa shape index (κ2) is 4.43. The van der Waals surface area contributed by atoms with Crippen molar-refractivity contribution >= 4 is 11.3 Å². The highest BCUT2D eigenvalue weighted by atomic mass is 32.1. The molecule has 1 atom stereocenters. The van der Waals surface area contributed by atoms with Gasteiger partial charge in [-0.3, -0.25) is 0 Å². The van der Waals surface area contributed by atoms with E-state index in [2.05, 4.69) is 18.4 Å². The average molecular weight is 211 g/mol. The van der Waals surface area contributed by atoms with E-state index in [-0.39, 0.29) is 6.04 Å². The van der Waals surface area contributed by atoms with Crippen LogP contribution < -0.4 is 5.73 Å². The Labute approximate surface area is 89.1 Å². The molecule has 0 amide bonds. The van der Waals surface area contributed by atoms with Crippen molar-refractivity contribution in [2.75, 3.05) is 13.2 Å². The maximum Gasteiger partial charge on any atom is 0.0469 e. The van der Waals surface area contributed by atoms with E-state index in [4.69, 9.17) is 10.5 Å². The molecule has 78 valence electrons. The van der Waals surface area contributed by atoms with E-state index in [1.807, 2.05) is 0 Å². The summed E-state index contributed by atoms with van der Waals surface area (Å²) in [7, 11) is 0. The molecular formula is C11H17NOS. The van der Waals surface area contributed by atoms with Crippen molar-refractivity contribution in [3.63, 3.8) is 0 Å². The predicted molar refractivity (Wildman–Crippen MR) is 59.5 cm³/mol. The molecule has 1 aromatic rings. The third-order valence-corrected chi connectivity index (χ3v) is 3.89. The zero-order chi connectivity index (χ0) is 9.97. The molecule has 14 heavy (non-hydrogen) atoms. The van der Waals surface area contributed by atoms with Gasteiger partial charge in [-0.1, -0.05) is 0 Å². The third-order valence-electron chi connectivity index (χ3n) is 3.03. The quantitative estimate of drug-likeness (QED) is 0.815. The number of aryl methyl sites for hydroxylation is 1. The number of rotatable bonds is 2. The number of nitrogens with two attached hydrogens (primary N) is 1. The summed E-state index contributed by atoms with van der Waals surface area (Å²) < 4.78 is 5.34. The summed E-state index contributed by atoms with van der Waals surface area (Å²) >= 11 is 1.79. The van der Waals surface area contributed by atoms with Gasteiger partial charge in [0.1, 0.15) is 0 Å². The monoisotopic (exact) mass is 211 g/mol. The van der Waals surface area contributed by atoms with Gasteiger partial charge < -0.3 is 10.5 Å². The Balaban J connectivity index is 2.07. The van der Waals surface area contributed by atoms with Crippen LogP contribution in [-0.2, 0) is 4.74 Å². The number of hydrogen-bond acceptors (Lipinski definition) is 3. The van der Waals surface area contributed by atoms with Crippen molar-refractivity contribution in [1.29, 1.82) is 0 Å². The van der Waals surface area contributed by atoms with E-state index in [1.54, 1.807) is 11.3 Å². The first-order valence-electron chi connectivity index (χ1n) is 5.16. The van der Waals surface area contributed by atoms with Crippen molar-refractivity contribution in [1.82, 2.24) is 0 Å². The minimum absolute atomic E-state index is 0.213. The first-order valence-corrected chi connectivity index (χ1v) is 6.04. The molecule has 0 bridgehead atoms. The molecule has 1 fully saturated rings. The smallest absolute Gasteiger partial charge is 0.0469 e. The Hall–Kier alpha value is -0.380. The van der Waals surface area contributed by atoms with Crippen molar-refractivity contribution < 1.29 is 4.74 Å². The van der Waals surface area contributed by atoms with Crippen LogP contribution in [0, 0.1) is 12.8 Å². The van der Waals surface area contributed by atoms with Gasteiger partial charge >= 0.3 is 0 Å². The maximum absolute atomic E-state index is 6.27. The summed E-state index contributed by atoms with van der Waals surface area (Å²) in [6.07, 6.45) is 2.22. The first kappa shape index (κ1) is 10.1. The Morgan fingerprint density at radius 3 is 2.79 bits per heavy atom. The van der Waals surface area contributed by atoms with Crippen molar-refractivity contribution in [3.8, 4) is 0 Å². The van der Waals surface area contributed by atoms with Crippen LogP contribution in [0.25, 0.3) is 0 Å². The van der Waals surface area contributed by atoms with E-state index in [1.165, 1.54) is 10.4 Å². The normalized spacial score (nSPS) is 21.0. The zero-order valence-electron chi connectivity index (χ0n) is 8.53. The highest BCUT2D eigenvalue weighted by Gasteiger charge is 2.23. The van der Waals surface area contributed by atoms with Gasteiger partial charge in [0.25, 0.3) is 0 Å². The lowest BCUT2D eigenvalue weighted by Gasteiger charge is -2.27. The summed E-state index contributed by atoms with van der Waals surface area (Å²) in [5, 5.41) is 2.13. The van der Waals surface area contributed by atoms with Crippen molar-refractivity contribution in [3.05, 3.63) is 21.9 Å². The summed E-state index contributed by atoms with van der Waals surface area (Å²) in [4.78, 5) is 1.36. The zero-order valence-corrected chi connectivity index (χ0v) is 9.35. The van der Waals surface area contributed by atoms with E-state index in [0.717, 1.165) is 26.1 Å². The fourth-order valence-corrected chi connectivity index (χ4v) is 2.83. The molecule has 0 aromatic carbocycles. The summed E-state index contributed by atoms with van der Waals surface area (Å²) in [6, 6.07) is 2.38. The van der Waals surface area contributed by atoms with Crippen molar-refractivity contribution in [2.45, 2.75) is 25.8 Å². The highest BCUT2D eigenvalue weighted by Crippen LogP contribution is 2.31. The fourth-order valence-electron chi connectivity index (χ4n) is 2.07. The van der Waals surface area contributed by atoms with Gasteiger partial charge in [-0.25, -0.2) is 0 Å². The lowest BCUT2D eigenvalue weighted by Crippen LogP contribution is -2.27. The molecule has 0 radical (unpaired) electrons. The van der Waals surface area contributed by atoms with Crippen LogP contribution in [0.15, 0.2) is 11.4 Å². The second-order valence-corrected chi connectivity index (χ2v) is 5.03. The van der Waals surface area contributed by atoms with E-state index < -0.39 is 0 Å². The predicted octanol–water partition coefficient (Wildman–Crippen LogP) is 2.48. The minimum Gasteiger partial charge on any atom is -0.381 e. The molecule has 1 aliphatic rings. The lowest BCUT2D eigenvalue weighted by molar-refractivity contribution is 0.0583. The van der Waals surface area contributed by atoms with Crippen LogP contribution in [0.4, 0.5) is 0 Å². The molecule has 0 spiro atoms. The van der Waals surface area contributed by atoms with Crippen LogP contribution in [0.2, 0.25) is 0 Å². The Morgan fingerprint density at radius 2 is 2.21 bits per heavy atom. The molecule has 1 aromatic heterocycles. The van der Waals surface area contributed by atoms with Crippen molar-refractivity contribution in [2.24, 2.45) is 11.7 Å². The topological polar surface area (TPSA) is 35.2 Å². The van der Waals surface area contributed by atoms with Crippen LogP contribution >= 0.6 is 11.3 Å². The maximum atomic E-state index is 6.27. The van der Waals surface area contributed by atoms with E-state index >= 15 is 0 Å². The van der Waals surface area contributed by atoms with Gasteiger partial charge in [0, 0.05) is 24.1 Å². The first-order chi connectivity index (χ1) is 6.79. The molecule has 1 saturated heterocycles. The largest absolute Gasteiger partial charge is 0.381 e. The average Bonchev–Trinajstić information content (AvgIpc) is 2.65. The Bertz CT molecular complexity index is 291. The van der Waals surface area contributed by atoms with Gasteiger partial charge in [-0.2, -0.15) is 0 Å². The van der Waals surface area contributed by atoms with Gasteiger partial charge in [-0.15, -0.1) is 11.3 Å². The summed E-state index contributed by atoms with van der Waals surface area (Å²) in [5.74, 6) is 0.608. The summed E-state index contributed by atoms with van der Waals surface area (Å²) in [6.45, 7) is 3.91. The lowest BCUT2D eigenvalue weighted by atomic mass is 9.88. The van der Waals surface area contributed by atoms with Gasteiger partial charge in [-0.05, 0) is 42.7 Å². The van der Waals surface area contributed by atoms with Crippen LogP contribution in [0.3, 0.4) is 0 Å². The van der Waals surface area contributed by atoms with E-state index in [0.29, 0.717) is 5.92 Å². The molecule has 1 unspecified atom stereocenters.